The van der Waals surface area contributed by atoms with Gasteiger partial charge in [0.15, 0.2) is 0 Å². The number of rotatable bonds is 1. The molecule has 2 aromatic carbocycles. The second-order valence-electron chi connectivity index (χ2n) is 8.82. The third kappa shape index (κ3) is 3.29. The molecule has 0 heterocycles. The van der Waals surface area contributed by atoms with Crippen LogP contribution in [0, 0.1) is 0 Å². The van der Waals surface area contributed by atoms with Crippen molar-refractivity contribution in [2.24, 2.45) is 0 Å². The molecule has 0 saturated heterocycles. The Hall–Kier alpha value is -0.0969. The summed E-state index contributed by atoms with van der Waals surface area (Å²) < 4.78 is 1.25. The van der Waals surface area contributed by atoms with Crippen molar-refractivity contribution >= 4 is 20.3 Å². The molecule has 1 aliphatic carbocycles. The Morgan fingerprint density at radius 2 is 1.54 bits per heavy atom. The molecule has 0 aromatic heterocycles. The van der Waals surface area contributed by atoms with E-state index in [0.717, 1.165) is 6.42 Å². The first-order valence-corrected chi connectivity index (χ1v) is 16.0. The van der Waals surface area contributed by atoms with Gasteiger partial charge in [-0.3, -0.25) is 0 Å². The summed E-state index contributed by atoms with van der Waals surface area (Å²) in [5, 5.41) is 0. The molecule has 24 heavy (non-hydrogen) atoms. The van der Waals surface area contributed by atoms with Crippen LogP contribution in [0.25, 0.3) is 11.1 Å². The van der Waals surface area contributed by atoms with Crippen molar-refractivity contribution in [2.45, 2.75) is 58.8 Å². The summed E-state index contributed by atoms with van der Waals surface area (Å²) in [6.07, 6.45) is 0.970. The van der Waals surface area contributed by atoms with E-state index in [1.165, 1.54) is 36.7 Å². The van der Waals surface area contributed by atoms with Gasteiger partial charge in [-0.25, -0.2) is 0 Å². The van der Waals surface area contributed by atoms with Crippen molar-refractivity contribution < 1.29 is 19.4 Å². The number of halogens is 2. The normalized spacial score (nSPS) is 13.7. The molecular weight excluding hydrogens is 414 g/mol. The van der Waals surface area contributed by atoms with Gasteiger partial charge in [-0.05, 0) is 0 Å². The Morgan fingerprint density at radius 1 is 0.875 bits per heavy atom. The first-order valence-electron chi connectivity index (χ1n) is 8.48. The first kappa shape index (κ1) is 18.7. The van der Waals surface area contributed by atoms with Gasteiger partial charge in [-0.1, -0.05) is 0 Å². The monoisotopic (exact) mass is 437 g/mol. The van der Waals surface area contributed by atoms with Crippen LogP contribution in [0.15, 0.2) is 30.3 Å². The Labute approximate surface area is 161 Å². The maximum absolute atomic E-state index is 6.46. The molecule has 0 fully saturated rings. The molecule has 2 aromatic rings. The Kier molecular flexibility index (Phi) is 4.87. The summed E-state index contributed by atoms with van der Waals surface area (Å²) in [4.78, 5) is 0. The van der Waals surface area contributed by atoms with Gasteiger partial charge >= 0.3 is 162 Å². The topological polar surface area (TPSA) is 0 Å². The molecule has 3 heteroatoms. The average molecular weight is 440 g/mol. The van der Waals surface area contributed by atoms with Gasteiger partial charge in [-0.2, -0.15) is 0 Å². The van der Waals surface area contributed by atoms with Gasteiger partial charge in [0.1, 0.15) is 0 Å². The van der Waals surface area contributed by atoms with Crippen LogP contribution in [0.5, 0.6) is 0 Å². The maximum atomic E-state index is 6.46. The number of benzene rings is 2. The van der Waals surface area contributed by atoms with E-state index in [4.69, 9.17) is 17.0 Å². The van der Waals surface area contributed by atoms with Crippen molar-refractivity contribution in [2.75, 3.05) is 0 Å². The number of hydrogen-bond acceptors (Lipinski definition) is 0. The first-order chi connectivity index (χ1) is 11.0. The summed E-state index contributed by atoms with van der Waals surface area (Å²) in [5.41, 5.74) is 8.64. The van der Waals surface area contributed by atoms with Crippen molar-refractivity contribution in [3.63, 3.8) is 0 Å². The zero-order valence-corrected chi connectivity index (χ0v) is 19.3. The summed E-state index contributed by atoms with van der Waals surface area (Å²) in [6.45, 7) is 13.7. The Bertz CT molecular complexity index is 793. The molecule has 0 saturated carbocycles. The van der Waals surface area contributed by atoms with E-state index in [-0.39, 0.29) is 10.8 Å². The van der Waals surface area contributed by atoms with E-state index in [2.05, 4.69) is 71.9 Å². The van der Waals surface area contributed by atoms with E-state index >= 15 is 0 Å². The van der Waals surface area contributed by atoms with Crippen LogP contribution in [0.2, 0.25) is 0 Å². The fraction of sp³-hybridized carbons (Fsp3) is 0.429. The van der Waals surface area contributed by atoms with Crippen LogP contribution in [-0.2, 0) is 36.6 Å². The molecule has 0 unspecified atom stereocenters. The Morgan fingerprint density at radius 3 is 2.08 bits per heavy atom. The summed E-state index contributed by atoms with van der Waals surface area (Å²) in [6, 6.07) is 11.4. The van der Waals surface area contributed by atoms with E-state index in [0.29, 0.717) is 0 Å². The standard InChI is InChI=1S/C21H25.2ClH.Zr/c1-20(2,3)16-11-10-14-12-15-8-7-9-18(21(4,5)6)19(15)17(14)13-16;;;/h7,9-11,13H,12H2,1-6H3;2*1H;/q;;;+2/p-2. The Balaban J connectivity index is 2.31. The fourth-order valence-corrected chi connectivity index (χ4v) is 7.26. The summed E-state index contributed by atoms with van der Waals surface area (Å²) in [7, 11) is 12.9. The fourth-order valence-electron chi connectivity index (χ4n) is 3.56. The van der Waals surface area contributed by atoms with Gasteiger partial charge in [0.2, 0.25) is 0 Å². The number of fused-ring (bicyclic) bond motifs is 3. The molecular formula is C21H25Cl2Zr. The zero-order chi connectivity index (χ0) is 17.9. The predicted molar refractivity (Wildman–Crippen MR) is 103 cm³/mol. The van der Waals surface area contributed by atoms with Crippen LogP contribution in [0.4, 0.5) is 0 Å². The van der Waals surface area contributed by atoms with Gasteiger partial charge < -0.3 is 0 Å². The van der Waals surface area contributed by atoms with E-state index in [9.17, 15) is 0 Å². The minimum atomic E-state index is -2.46. The van der Waals surface area contributed by atoms with Gasteiger partial charge in [0, 0.05) is 0 Å². The van der Waals surface area contributed by atoms with Crippen molar-refractivity contribution in [3.05, 3.63) is 52.6 Å². The quantitative estimate of drug-likeness (QED) is 0.411. The van der Waals surface area contributed by atoms with Gasteiger partial charge in [0.25, 0.3) is 0 Å². The van der Waals surface area contributed by atoms with Crippen LogP contribution < -0.4 is 3.27 Å². The molecule has 0 spiro atoms. The van der Waals surface area contributed by atoms with Crippen molar-refractivity contribution in [3.8, 4) is 11.1 Å². The van der Waals surface area contributed by atoms with E-state index < -0.39 is 19.4 Å². The van der Waals surface area contributed by atoms with Crippen LogP contribution in [-0.4, -0.2) is 0 Å². The molecule has 1 aliphatic rings. The van der Waals surface area contributed by atoms with Crippen molar-refractivity contribution in [1.82, 2.24) is 0 Å². The predicted octanol–water partition coefficient (Wildman–Crippen LogP) is 6.40. The van der Waals surface area contributed by atoms with Gasteiger partial charge in [-0.15, -0.1) is 0 Å². The molecule has 3 rings (SSSR count). The summed E-state index contributed by atoms with van der Waals surface area (Å²) in [5.74, 6) is 0. The second-order valence-corrected chi connectivity index (χ2v) is 17.0. The summed E-state index contributed by atoms with van der Waals surface area (Å²) >= 11 is -2.46. The average Bonchev–Trinajstić information content (AvgIpc) is 2.82. The zero-order valence-electron chi connectivity index (χ0n) is 15.3. The minimum absolute atomic E-state index is 0.101. The van der Waals surface area contributed by atoms with Crippen LogP contribution in [0.1, 0.15) is 63.8 Å². The third-order valence-corrected chi connectivity index (χ3v) is 9.50. The molecule has 0 amide bonds. The van der Waals surface area contributed by atoms with E-state index in [1.54, 1.807) is 0 Å². The SMILES string of the molecule is CC(C)(C)c1ccc2c(c1)-c1c(C(C)(C)C)cc[c]([Zr]([Cl])[Cl])c1C2. The van der Waals surface area contributed by atoms with Gasteiger partial charge in [0.05, 0.1) is 0 Å². The van der Waals surface area contributed by atoms with Crippen LogP contribution >= 0.6 is 17.0 Å². The third-order valence-electron chi connectivity index (χ3n) is 4.94. The molecule has 0 aliphatic heterocycles. The van der Waals surface area contributed by atoms with Crippen LogP contribution in [0.3, 0.4) is 0 Å². The molecule has 0 atom stereocenters. The molecule has 0 nitrogen and oxygen atoms in total. The van der Waals surface area contributed by atoms with Crippen molar-refractivity contribution in [1.29, 1.82) is 0 Å². The van der Waals surface area contributed by atoms with E-state index in [1.807, 2.05) is 0 Å². The molecule has 127 valence electrons. The molecule has 0 N–H and O–H groups in total. The molecule has 0 radical (unpaired) electrons. The molecule has 0 bridgehead atoms. The number of hydrogen-bond donors (Lipinski definition) is 0. The second kappa shape index (κ2) is 6.26.